The minimum atomic E-state index is -0.867. The summed E-state index contributed by atoms with van der Waals surface area (Å²) in [5.74, 6) is -0.326. The molecule has 0 saturated heterocycles. The van der Waals surface area contributed by atoms with Crippen molar-refractivity contribution in [2.24, 2.45) is 0 Å². The van der Waals surface area contributed by atoms with E-state index in [2.05, 4.69) is 5.32 Å². The predicted octanol–water partition coefficient (Wildman–Crippen LogP) is 2.13. The van der Waals surface area contributed by atoms with E-state index in [-0.39, 0.29) is 24.7 Å². The quantitative estimate of drug-likeness (QED) is 0.813. The predicted molar refractivity (Wildman–Crippen MR) is 74.3 cm³/mol. The number of amides is 1. The summed E-state index contributed by atoms with van der Waals surface area (Å²) >= 11 is 1.37. The van der Waals surface area contributed by atoms with Crippen LogP contribution in [0.1, 0.15) is 48.2 Å². The molecule has 0 aromatic carbocycles. The Bertz CT molecular complexity index is 436. The van der Waals surface area contributed by atoms with E-state index in [1.165, 1.54) is 11.3 Å². The van der Waals surface area contributed by atoms with Crippen molar-refractivity contribution in [1.29, 1.82) is 0 Å². The van der Waals surface area contributed by atoms with Gasteiger partial charge in [0, 0.05) is 0 Å². The largest absolute Gasteiger partial charge is 0.389 e. The van der Waals surface area contributed by atoms with Gasteiger partial charge in [-0.2, -0.15) is 0 Å². The zero-order chi connectivity index (χ0) is 13.7. The molecule has 104 valence electrons. The summed E-state index contributed by atoms with van der Waals surface area (Å²) in [4.78, 5) is 24.1. The molecule has 2 rings (SSSR count). The summed E-state index contributed by atoms with van der Waals surface area (Å²) < 4.78 is 0. The first kappa shape index (κ1) is 14.2. The second-order valence-electron chi connectivity index (χ2n) is 5.14. The molecule has 4 nitrogen and oxygen atoms in total. The Morgan fingerprint density at radius 3 is 2.68 bits per heavy atom. The Balaban J connectivity index is 1.77. The number of hydrogen-bond acceptors (Lipinski definition) is 4. The highest BCUT2D eigenvalue weighted by Gasteiger charge is 2.31. The van der Waals surface area contributed by atoms with Crippen LogP contribution in [-0.2, 0) is 4.79 Å². The number of carbonyl (C=O) groups is 2. The molecule has 0 aliphatic heterocycles. The van der Waals surface area contributed by atoms with Gasteiger partial charge in [0.2, 0.25) is 5.91 Å². The molecular formula is C14H19NO3S. The molecule has 0 spiro atoms. The van der Waals surface area contributed by atoms with Crippen LogP contribution in [0.4, 0.5) is 0 Å². The third-order valence-electron chi connectivity index (χ3n) is 3.52. The third kappa shape index (κ3) is 4.14. The molecule has 1 aliphatic rings. The number of Topliss-reactive ketones (excluding diaryl/α,β-unsaturated/α-hetero) is 1. The van der Waals surface area contributed by atoms with E-state index in [4.69, 9.17) is 0 Å². The number of nitrogens with one attached hydrogen (secondary N) is 1. The molecule has 1 fully saturated rings. The standard InChI is InChI=1S/C14H19NO3S/c16-11(12-5-4-8-19-12)10-15-13(17)9-14(18)6-2-1-3-7-14/h4-5,8,18H,1-3,6-7,9-10H2,(H,15,17). The van der Waals surface area contributed by atoms with Gasteiger partial charge in [-0.15, -0.1) is 11.3 Å². The fraction of sp³-hybridized carbons (Fsp3) is 0.571. The van der Waals surface area contributed by atoms with Gasteiger partial charge < -0.3 is 10.4 Å². The van der Waals surface area contributed by atoms with Gasteiger partial charge in [-0.3, -0.25) is 9.59 Å². The summed E-state index contributed by atoms with van der Waals surface area (Å²) in [5, 5.41) is 14.7. The lowest BCUT2D eigenvalue weighted by molar-refractivity contribution is -0.127. The van der Waals surface area contributed by atoms with Crippen LogP contribution in [0.25, 0.3) is 0 Å². The van der Waals surface area contributed by atoms with E-state index in [9.17, 15) is 14.7 Å². The maximum absolute atomic E-state index is 11.8. The van der Waals surface area contributed by atoms with Crippen molar-refractivity contribution in [1.82, 2.24) is 5.32 Å². The normalized spacial score (nSPS) is 17.9. The molecule has 1 amide bonds. The third-order valence-corrected chi connectivity index (χ3v) is 4.43. The van der Waals surface area contributed by atoms with Crippen molar-refractivity contribution in [2.75, 3.05) is 6.54 Å². The molecule has 0 bridgehead atoms. The lowest BCUT2D eigenvalue weighted by Crippen LogP contribution is -2.39. The van der Waals surface area contributed by atoms with E-state index >= 15 is 0 Å². The van der Waals surface area contributed by atoms with Crippen molar-refractivity contribution in [3.05, 3.63) is 22.4 Å². The Morgan fingerprint density at radius 2 is 2.05 bits per heavy atom. The lowest BCUT2D eigenvalue weighted by Gasteiger charge is -2.31. The van der Waals surface area contributed by atoms with E-state index in [0.717, 1.165) is 19.3 Å². The van der Waals surface area contributed by atoms with Crippen molar-refractivity contribution in [3.8, 4) is 0 Å². The second kappa shape index (κ2) is 6.30. The number of rotatable bonds is 5. The Morgan fingerprint density at radius 1 is 1.32 bits per heavy atom. The first-order chi connectivity index (χ1) is 9.09. The van der Waals surface area contributed by atoms with Crippen LogP contribution in [0.15, 0.2) is 17.5 Å². The molecule has 1 saturated carbocycles. The van der Waals surface area contributed by atoms with Crippen LogP contribution in [0.3, 0.4) is 0 Å². The topological polar surface area (TPSA) is 66.4 Å². The highest BCUT2D eigenvalue weighted by atomic mass is 32.1. The highest BCUT2D eigenvalue weighted by Crippen LogP contribution is 2.30. The van der Waals surface area contributed by atoms with Crippen LogP contribution in [-0.4, -0.2) is 28.9 Å². The van der Waals surface area contributed by atoms with Gasteiger partial charge in [0.1, 0.15) is 0 Å². The van der Waals surface area contributed by atoms with Crippen molar-refractivity contribution in [3.63, 3.8) is 0 Å². The van der Waals surface area contributed by atoms with Gasteiger partial charge in [0.05, 0.1) is 23.4 Å². The average molecular weight is 281 g/mol. The fourth-order valence-corrected chi connectivity index (χ4v) is 3.12. The molecule has 2 N–H and O–H groups in total. The van der Waals surface area contributed by atoms with Gasteiger partial charge in [0.15, 0.2) is 5.78 Å². The molecule has 1 aliphatic carbocycles. The molecule has 19 heavy (non-hydrogen) atoms. The fourth-order valence-electron chi connectivity index (χ4n) is 2.45. The van der Waals surface area contributed by atoms with Crippen LogP contribution in [0.5, 0.6) is 0 Å². The first-order valence-corrected chi connectivity index (χ1v) is 7.53. The minimum Gasteiger partial charge on any atom is -0.389 e. The van der Waals surface area contributed by atoms with Gasteiger partial charge in [0.25, 0.3) is 0 Å². The van der Waals surface area contributed by atoms with Crippen molar-refractivity contribution in [2.45, 2.75) is 44.1 Å². The number of carbonyl (C=O) groups excluding carboxylic acids is 2. The maximum atomic E-state index is 11.8. The van der Waals surface area contributed by atoms with E-state index < -0.39 is 5.60 Å². The number of hydrogen-bond donors (Lipinski definition) is 2. The van der Waals surface area contributed by atoms with Gasteiger partial charge >= 0.3 is 0 Å². The molecular weight excluding hydrogens is 262 g/mol. The van der Waals surface area contributed by atoms with E-state index in [0.29, 0.717) is 17.7 Å². The summed E-state index contributed by atoms with van der Waals surface area (Å²) in [7, 11) is 0. The monoisotopic (exact) mass is 281 g/mol. The van der Waals surface area contributed by atoms with Crippen LogP contribution in [0.2, 0.25) is 0 Å². The molecule has 0 radical (unpaired) electrons. The molecule has 1 heterocycles. The smallest absolute Gasteiger partial charge is 0.223 e. The maximum Gasteiger partial charge on any atom is 0.223 e. The Labute approximate surface area is 116 Å². The van der Waals surface area contributed by atoms with Crippen LogP contribution < -0.4 is 5.32 Å². The molecule has 1 aromatic rings. The molecule has 0 atom stereocenters. The summed E-state index contributed by atoms with van der Waals surface area (Å²) in [6, 6.07) is 3.55. The lowest BCUT2D eigenvalue weighted by atomic mass is 9.82. The zero-order valence-electron chi connectivity index (χ0n) is 10.9. The summed E-state index contributed by atoms with van der Waals surface area (Å²) in [5.41, 5.74) is -0.867. The van der Waals surface area contributed by atoms with Gasteiger partial charge in [-0.1, -0.05) is 25.3 Å². The minimum absolute atomic E-state index is 0.00935. The zero-order valence-corrected chi connectivity index (χ0v) is 11.7. The van der Waals surface area contributed by atoms with Gasteiger partial charge in [-0.05, 0) is 24.3 Å². The molecule has 1 aromatic heterocycles. The highest BCUT2D eigenvalue weighted by molar-refractivity contribution is 7.12. The summed E-state index contributed by atoms with van der Waals surface area (Å²) in [6.45, 7) is 0.00935. The average Bonchev–Trinajstić information content (AvgIpc) is 2.90. The second-order valence-corrected chi connectivity index (χ2v) is 6.09. The van der Waals surface area contributed by atoms with Crippen molar-refractivity contribution < 1.29 is 14.7 Å². The van der Waals surface area contributed by atoms with Crippen LogP contribution in [0, 0.1) is 0 Å². The number of thiophene rings is 1. The van der Waals surface area contributed by atoms with Crippen molar-refractivity contribution >= 4 is 23.0 Å². The van der Waals surface area contributed by atoms with E-state index in [1.807, 2.05) is 11.4 Å². The van der Waals surface area contributed by atoms with E-state index in [1.54, 1.807) is 6.07 Å². The Hall–Kier alpha value is -1.20. The Kier molecular flexibility index (Phi) is 4.71. The number of ketones is 1. The molecule has 5 heteroatoms. The number of aliphatic hydroxyl groups is 1. The van der Waals surface area contributed by atoms with Gasteiger partial charge in [-0.25, -0.2) is 0 Å². The van der Waals surface area contributed by atoms with Crippen LogP contribution >= 0.6 is 11.3 Å². The first-order valence-electron chi connectivity index (χ1n) is 6.65. The molecule has 0 unspecified atom stereocenters. The summed E-state index contributed by atoms with van der Waals surface area (Å²) in [6.07, 6.45) is 4.53. The SMILES string of the molecule is O=C(CC1(O)CCCCC1)NCC(=O)c1cccs1.